The first-order valence-corrected chi connectivity index (χ1v) is 18.6. The molecule has 0 amide bonds. The first kappa shape index (κ1) is 28.0. The third kappa shape index (κ3) is 3.95. The Bertz CT molecular complexity index is 3110. The van der Waals surface area contributed by atoms with Crippen LogP contribution in [0.15, 0.2) is 170 Å². The van der Waals surface area contributed by atoms with E-state index in [-0.39, 0.29) is 0 Å². The molecule has 50 heavy (non-hydrogen) atoms. The van der Waals surface area contributed by atoms with E-state index in [4.69, 9.17) is 0 Å². The van der Waals surface area contributed by atoms with Gasteiger partial charge in [-0.3, -0.25) is 0 Å². The lowest BCUT2D eigenvalue weighted by Gasteiger charge is -2.29. The molecule has 4 heteroatoms. The van der Waals surface area contributed by atoms with E-state index in [1.54, 1.807) is 0 Å². The Labute approximate surface area is 296 Å². The number of aromatic nitrogens is 1. The minimum absolute atomic E-state index is 1.16. The Morgan fingerprint density at radius 2 is 0.940 bits per heavy atom. The molecule has 0 spiro atoms. The van der Waals surface area contributed by atoms with Gasteiger partial charge in [0, 0.05) is 67.6 Å². The number of benzene rings is 8. The SMILES string of the molecule is c1ccc(-n2c3ccccc3c3c(N(c4cc5c6ccccc6sc5c5ccccc45)c4cccc5sc6ccccc6c45)cccc32)cc1. The average molecular weight is 673 g/mol. The molecule has 3 aromatic heterocycles. The van der Waals surface area contributed by atoms with E-state index in [1.807, 2.05) is 22.7 Å². The van der Waals surface area contributed by atoms with E-state index in [0.717, 1.165) is 5.69 Å². The first-order chi connectivity index (χ1) is 24.8. The van der Waals surface area contributed by atoms with Gasteiger partial charge in [0.2, 0.25) is 0 Å². The average Bonchev–Trinajstić information content (AvgIpc) is 3.86. The van der Waals surface area contributed by atoms with Crippen molar-refractivity contribution in [2.45, 2.75) is 0 Å². The molecule has 0 N–H and O–H groups in total. The molecule has 2 nitrogen and oxygen atoms in total. The highest BCUT2D eigenvalue weighted by molar-refractivity contribution is 7.27. The van der Waals surface area contributed by atoms with Gasteiger partial charge in [-0.05, 0) is 60.7 Å². The molecular formula is C46H28N2S2. The normalized spacial score (nSPS) is 12.0. The van der Waals surface area contributed by atoms with Crippen molar-refractivity contribution in [3.05, 3.63) is 170 Å². The summed E-state index contributed by atoms with van der Waals surface area (Å²) in [6, 6.07) is 62.4. The van der Waals surface area contributed by atoms with Crippen molar-refractivity contribution in [1.29, 1.82) is 0 Å². The Morgan fingerprint density at radius 3 is 1.76 bits per heavy atom. The predicted octanol–water partition coefficient (Wildman–Crippen LogP) is 14.1. The summed E-state index contributed by atoms with van der Waals surface area (Å²) in [5, 5.41) is 10.2. The Balaban J connectivity index is 1.34. The first-order valence-electron chi connectivity index (χ1n) is 16.9. The highest BCUT2D eigenvalue weighted by Crippen LogP contribution is 2.51. The molecule has 0 bridgehead atoms. The van der Waals surface area contributed by atoms with Gasteiger partial charge >= 0.3 is 0 Å². The number of nitrogens with zero attached hydrogens (tertiary/aromatic N) is 2. The Morgan fingerprint density at radius 1 is 0.360 bits per heavy atom. The minimum atomic E-state index is 1.16. The molecule has 0 aliphatic rings. The smallest absolute Gasteiger partial charge is 0.0562 e. The molecule has 0 radical (unpaired) electrons. The Hall–Kier alpha value is -5.94. The predicted molar refractivity (Wildman–Crippen MR) is 219 cm³/mol. The number of para-hydroxylation sites is 2. The van der Waals surface area contributed by atoms with Crippen LogP contribution in [0.4, 0.5) is 17.1 Å². The zero-order chi connectivity index (χ0) is 32.8. The van der Waals surface area contributed by atoms with E-state index >= 15 is 0 Å². The van der Waals surface area contributed by atoms with Crippen LogP contribution in [-0.2, 0) is 0 Å². The summed E-state index contributed by atoms with van der Waals surface area (Å²) in [6.07, 6.45) is 0. The van der Waals surface area contributed by atoms with Crippen molar-refractivity contribution in [3.8, 4) is 5.69 Å². The van der Waals surface area contributed by atoms with Crippen LogP contribution in [0.3, 0.4) is 0 Å². The maximum Gasteiger partial charge on any atom is 0.0562 e. The third-order valence-corrected chi connectivity index (χ3v) is 12.5. The third-order valence-electron chi connectivity index (χ3n) is 10.2. The molecule has 0 aliphatic heterocycles. The van der Waals surface area contributed by atoms with E-state index in [1.165, 1.54) is 90.0 Å². The van der Waals surface area contributed by atoms with Crippen molar-refractivity contribution >= 4 is 113 Å². The summed E-state index contributed by atoms with van der Waals surface area (Å²) in [5.74, 6) is 0. The summed E-state index contributed by atoms with van der Waals surface area (Å²) in [4.78, 5) is 2.57. The second-order valence-electron chi connectivity index (χ2n) is 12.9. The summed E-state index contributed by atoms with van der Waals surface area (Å²) in [7, 11) is 0. The molecule has 11 aromatic rings. The van der Waals surface area contributed by atoms with E-state index < -0.39 is 0 Å². The summed E-state index contributed by atoms with van der Waals surface area (Å²) >= 11 is 3.77. The number of anilines is 3. The summed E-state index contributed by atoms with van der Waals surface area (Å²) in [6.45, 7) is 0. The summed E-state index contributed by atoms with van der Waals surface area (Å²) < 4.78 is 7.66. The molecule has 0 saturated carbocycles. The number of thiophene rings is 2. The van der Waals surface area contributed by atoms with Crippen molar-refractivity contribution in [1.82, 2.24) is 4.57 Å². The second kappa shape index (κ2) is 10.8. The van der Waals surface area contributed by atoms with Gasteiger partial charge in [0.15, 0.2) is 0 Å². The van der Waals surface area contributed by atoms with Gasteiger partial charge in [0.25, 0.3) is 0 Å². The van der Waals surface area contributed by atoms with E-state index in [0.29, 0.717) is 0 Å². The zero-order valence-electron chi connectivity index (χ0n) is 26.9. The van der Waals surface area contributed by atoms with Crippen LogP contribution in [0.5, 0.6) is 0 Å². The molecule has 0 unspecified atom stereocenters. The van der Waals surface area contributed by atoms with E-state index in [9.17, 15) is 0 Å². The van der Waals surface area contributed by atoms with Gasteiger partial charge in [-0.25, -0.2) is 0 Å². The lowest BCUT2D eigenvalue weighted by molar-refractivity contribution is 1.18. The van der Waals surface area contributed by atoms with Crippen molar-refractivity contribution in [2.24, 2.45) is 0 Å². The molecule has 0 saturated heterocycles. The highest BCUT2D eigenvalue weighted by atomic mass is 32.1. The van der Waals surface area contributed by atoms with Crippen LogP contribution in [0.25, 0.3) is 78.6 Å². The van der Waals surface area contributed by atoms with Crippen molar-refractivity contribution in [3.63, 3.8) is 0 Å². The quantitative estimate of drug-likeness (QED) is 0.181. The molecule has 11 rings (SSSR count). The fourth-order valence-corrected chi connectivity index (χ4v) is 10.4. The monoisotopic (exact) mass is 672 g/mol. The van der Waals surface area contributed by atoms with Crippen LogP contribution in [0, 0.1) is 0 Å². The van der Waals surface area contributed by atoms with Crippen molar-refractivity contribution in [2.75, 3.05) is 4.90 Å². The second-order valence-corrected chi connectivity index (χ2v) is 15.0. The maximum absolute atomic E-state index is 2.57. The molecule has 0 atom stereocenters. The molecule has 8 aromatic carbocycles. The van der Waals surface area contributed by atoms with Gasteiger partial charge in [0.05, 0.1) is 28.1 Å². The van der Waals surface area contributed by atoms with Gasteiger partial charge in [-0.1, -0.05) is 109 Å². The topological polar surface area (TPSA) is 8.17 Å². The molecule has 234 valence electrons. The summed E-state index contributed by atoms with van der Waals surface area (Å²) in [5.41, 5.74) is 7.08. The van der Waals surface area contributed by atoms with Crippen LogP contribution in [0.1, 0.15) is 0 Å². The van der Waals surface area contributed by atoms with E-state index in [2.05, 4.69) is 179 Å². The lowest BCUT2D eigenvalue weighted by Crippen LogP contribution is -2.11. The molecule has 3 heterocycles. The van der Waals surface area contributed by atoms with Crippen LogP contribution in [0.2, 0.25) is 0 Å². The largest absolute Gasteiger partial charge is 0.309 e. The maximum atomic E-state index is 2.57. The Kier molecular flexibility index (Phi) is 6.03. The molecular weight excluding hydrogens is 645 g/mol. The fourth-order valence-electron chi connectivity index (χ4n) is 8.09. The van der Waals surface area contributed by atoms with Gasteiger partial charge in [0.1, 0.15) is 0 Å². The lowest BCUT2D eigenvalue weighted by atomic mass is 10.0. The van der Waals surface area contributed by atoms with Gasteiger partial charge in [-0.2, -0.15) is 0 Å². The number of rotatable bonds is 4. The standard InChI is InChI=1S/C46H28N2S2/c1-2-14-29(15-3-1)47-36-21-9-6-19-33(36)44-37(47)22-12-23-38(44)48(39-24-13-27-43-45(39)34-20-8-11-26-42(34)49-43)40-28-35-31-17-7-10-25-41(31)50-46(35)32-18-5-4-16-30(32)40/h1-28H. The number of hydrogen-bond donors (Lipinski definition) is 0. The van der Waals surface area contributed by atoms with Crippen LogP contribution in [-0.4, -0.2) is 4.57 Å². The van der Waals surface area contributed by atoms with Gasteiger partial charge in [-0.15, -0.1) is 22.7 Å². The fraction of sp³-hybridized carbons (Fsp3) is 0. The highest BCUT2D eigenvalue weighted by Gasteiger charge is 2.25. The van der Waals surface area contributed by atoms with Crippen molar-refractivity contribution < 1.29 is 0 Å². The minimum Gasteiger partial charge on any atom is -0.309 e. The number of fused-ring (bicyclic) bond motifs is 11. The number of hydrogen-bond acceptors (Lipinski definition) is 3. The van der Waals surface area contributed by atoms with Crippen LogP contribution < -0.4 is 4.90 Å². The molecule has 0 aliphatic carbocycles. The van der Waals surface area contributed by atoms with Gasteiger partial charge < -0.3 is 9.47 Å². The zero-order valence-corrected chi connectivity index (χ0v) is 28.5. The molecule has 0 fully saturated rings. The van der Waals surface area contributed by atoms with Crippen LogP contribution >= 0.6 is 22.7 Å².